The summed E-state index contributed by atoms with van der Waals surface area (Å²) in [5.74, 6) is 0.175. The first kappa shape index (κ1) is 20.6. The average Bonchev–Trinajstić information content (AvgIpc) is 2.97. The molecule has 4 atom stereocenters. The van der Waals surface area contributed by atoms with Gasteiger partial charge < -0.3 is 16.4 Å². The topological polar surface area (TPSA) is 84.2 Å². The molecule has 0 spiro atoms. The number of halogens is 1. The van der Waals surface area contributed by atoms with Crippen LogP contribution in [0.2, 0.25) is 5.02 Å². The van der Waals surface area contributed by atoms with Crippen molar-refractivity contribution in [1.29, 1.82) is 0 Å². The number of thioether (sulfide) groups is 1. The summed E-state index contributed by atoms with van der Waals surface area (Å²) < 4.78 is 0.915. The number of nitrogens with one attached hydrogen (secondary N) is 2. The Morgan fingerprint density at radius 3 is 2.59 bits per heavy atom. The first-order valence-electron chi connectivity index (χ1n) is 10.2. The molecule has 1 saturated heterocycles. The molecule has 156 valence electrons. The number of rotatable bonds is 5. The quantitative estimate of drug-likeness (QED) is 0.616. The van der Waals surface area contributed by atoms with Crippen LogP contribution in [0.3, 0.4) is 0 Å². The molecule has 4 rings (SSSR count). The van der Waals surface area contributed by atoms with E-state index in [1.807, 2.05) is 0 Å². The second-order valence-electron chi connectivity index (χ2n) is 8.68. The van der Waals surface area contributed by atoms with Crippen LogP contribution < -0.4 is 16.4 Å². The minimum atomic E-state index is -0.389. The summed E-state index contributed by atoms with van der Waals surface area (Å²) in [5, 5.41) is 6.00. The van der Waals surface area contributed by atoms with Gasteiger partial charge in [0.2, 0.25) is 5.91 Å². The summed E-state index contributed by atoms with van der Waals surface area (Å²) >= 11 is 7.47. The molecule has 0 radical (unpaired) electrons. The number of urea groups is 1. The normalized spacial score (nSPS) is 31.4. The Kier molecular flexibility index (Phi) is 5.82. The maximum atomic E-state index is 12.5. The SMILES string of the molecule is C[N+]1(CC2CCC2)C=C2SC(NC(=O)Nc3ccc(Cl)cc3)C(C(N)=O)C2CC1. The fourth-order valence-electron chi connectivity index (χ4n) is 4.65. The van der Waals surface area contributed by atoms with Gasteiger partial charge in [-0.1, -0.05) is 29.8 Å². The van der Waals surface area contributed by atoms with Crippen LogP contribution in [0.15, 0.2) is 35.4 Å². The maximum absolute atomic E-state index is 12.5. The molecule has 4 unspecified atom stereocenters. The Hall–Kier alpha value is -1.70. The Balaban J connectivity index is 1.45. The highest BCUT2D eigenvalue weighted by atomic mass is 35.5. The van der Waals surface area contributed by atoms with Gasteiger partial charge in [-0.05, 0) is 37.1 Å². The van der Waals surface area contributed by atoms with E-state index in [4.69, 9.17) is 17.3 Å². The summed E-state index contributed by atoms with van der Waals surface area (Å²) in [5.41, 5.74) is 6.39. The second kappa shape index (κ2) is 8.20. The van der Waals surface area contributed by atoms with Gasteiger partial charge >= 0.3 is 6.03 Å². The zero-order valence-electron chi connectivity index (χ0n) is 16.6. The molecule has 29 heavy (non-hydrogen) atoms. The molecule has 1 saturated carbocycles. The fraction of sp³-hybridized carbons (Fsp3) is 0.524. The number of benzene rings is 1. The number of amides is 3. The number of primary amides is 1. The maximum Gasteiger partial charge on any atom is 0.320 e. The molecule has 2 aliphatic heterocycles. The van der Waals surface area contributed by atoms with Gasteiger partial charge in [-0.15, -0.1) is 0 Å². The van der Waals surface area contributed by atoms with E-state index < -0.39 is 0 Å². The Labute approximate surface area is 180 Å². The van der Waals surface area contributed by atoms with Crippen molar-refractivity contribution in [2.24, 2.45) is 23.5 Å². The number of fused-ring (bicyclic) bond motifs is 1. The molecule has 1 aromatic carbocycles. The largest absolute Gasteiger partial charge is 0.369 e. The van der Waals surface area contributed by atoms with E-state index in [1.165, 1.54) is 24.2 Å². The summed E-state index contributed by atoms with van der Waals surface area (Å²) in [6, 6.07) is 6.56. The minimum absolute atomic E-state index is 0.103. The lowest BCUT2D eigenvalue weighted by atomic mass is 9.82. The number of quaternary nitrogens is 1. The van der Waals surface area contributed by atoms with Crippen LogP contribution in [0, 0.1) is 17.8 Å². The molecule has 2 fully saturated rings. The van der Waals surface area contributed by atoms with Gasteiger partial charge in [0.05, 0.1) is 31.4 Å². The van der Waals surface area contributed by atoms with Crippen molar-refractivity contribution in [3.8, 4) is 0 Å². The molecule has 2 heterocycles. The number of anilines is 1. The summed E-state index contributed by atoms with van der Waals surface area (Å²) in [7, 11) is 2.27. The number of nitrogens with two attached hydrogens (primary N) is 1. The number of hydrogen-bond acceptors (Lipinski definition) is 3. The van der Waals surface area contributed by atoms with Gasteiger partial charge in [0.25, 0.3) is 0 Å². The first-order valence-corrected chi connectivity index (χ1v) is 11.4. The van der Waals surface area contributed by atoms with E-state index in [-0.39, 0.29) is 29.1 Å². The van der Waals surface area contributed by atoms with Crippen LogP contribution in [0.25, 0.3) is 0 Å². The summed E-state index contributed by atoms with van der Waals surface area (Å²) in [6.07, 6.45) is 7.23. The summed E-state index contributed by atoms with van der Waals surface area (Å²) in [6.45, 7) is 2.17. The zero-order valence-corrected chi connectivity index (χ0v) is 18.1. The van der Waals surface area contributed by atoms with Gasteiger partial charge in [0.1, 0.15) is 6.20 Å². The highest BCUT2D eigenvalue weighted by molar-refractivity contribution is 8.04. The van der Waals surface area contributed by atoms with Crippen LogP contribution in [0.4, 0.5) is 10.5 Å². The first-order chi connectivity index (χ1) is 13.8. The molecule has 1 aromatic rings. The molecule has 4 N–H and O–H groups in total. The van der Waals surface area contributed by atoms with Crippen LogP contribution in [0.1, 0.15) is 25.7 Å². The van der Waals surface area contributed by atoms with Gasteiger partial charge in [0.15, 0.2) is 0 Å². The highest BCUT2D eigenvalue weighted by Crippen LogP contribution is 2.50. The van der Waals surface area contributed by atoms with Gasteiger partial charge in [-0.3, -0.25) is 9.28 Å². The molecule has 3 amide bonds. The summed E-state index contributed by atoms with van der Waals surface area (Å²) in [4.78, 5) is 25.9. The Morgan fingerprint density at radius 2 is 1.97 bits per heavy atom. The molecule has 3 aliphatic rings. The fourth-order valence-corrected chi connectivity index (χ4v) is 6.46. The number of carbonyl (C=O) groups excluding carboxylic acids is 2. The second-order valence-corrected chi connectivity index (χ2v) is 10.3. The van der Waals surface area contributed by atoms with Crippen LogP contribution in [-0.4, -0.2) is 41.9 Å². The smallest absolute Gasteiger partial charge is 0.320 e. The molecule has 0 aromatic heterocycles. The van der Waals surface area contributed by atoms with Crippen molar-refractivity contribution in [3.63, 3.8) is 0 Å². The van der Waals surface area contributed by atoms with Gasteiger partial charge in [-0.2, -0.15) is 0 Å². The molecule has 1 aliphatic carbocycles. The van der Waals surface area contributed by atoms with E-state index in [9.17, 15) is 9.59 Å². The Morgan fingerprint density at radius 1 is 1.24 bits per heavy atom. The lowest BCUT2D eigenvalue weighted by Crippen LogP contribution is -2.49. The van der Waals surface area contributed by atoms with Crippen LogP contribution in [-0.2, 0) is 4.79 Å². The molecule has 8 heteroatoms. The number of hydrogen-bond donors (Lipinski definition) is 3. The standard InChI is InChI=1S/C21H27ClN4O2S/c1-26(11-13-3-2-4-13)10-9-16-17(12-26)29-20(18(16)19(23)27)25-21(28)24-15-7-5-14(22)6-8-15/h5-8,12-13,16,18,20H,2-4,9-11H2,1H3,(H3-,23,24,25,27,28)/p+1. The Bertz CT molecular complexity index is 826. The molecular formula is C21H28ClN4O2S+. The van der Waals surface area contributed by atoms with E-state index in [1.54, 1.807) is 36.0 Å². The van der Waals surface area contributed by atoms with Crippen molar-refractivity contribution in [3.05, 3.63) is 40.4 Å². The van der Waals surface area contributed by atoms with E-state index in [2.05, 4.69) is 23.9 Å². The van der Waals surface area contributed by atoms with Gasteiger partial charge in [0, 0.05) is 33.9 Å². The average molecular weight is 436 g/mol. The van der Waals surface area contributed by atoms with Crippen molar-refractivity contribution >= 4 is 41.0 Å². The van der Waals surface area contributed by atoms with Crippen LogP contribution >= 0.6 is 23.4 Å². The monoisotopic (exact) mass is 435 g/mol. The van der Waals surface area contributed by atoms with Crippen molar-refractivity contribution < 1.29 is 14.1 Å². The van der Waals surface area contributed by atoms with Crippen molar-refractivity contribution in [2.75, 3.05) is 25.5 Å². The third-order valence-corrected chi connectivity index (χ3v) is 7.98. The number of carbonyl (C=O) groups is 2. The third-order valence-electron chi connectivity index (χ3n) is 6.38. The van der Waals surface area contributed by atoms with Crippen molar-refractivity contribution in [1.82, 2.24) is 5.32 Å². The lowest BCUT2D eigenvalue weighted by Gasteiger charge is -2.41. The number of nitrogens with zero attached hydrogens (tertiary/aromatic N) is 1. The molecule has 6 nitrogen and oxygen atoms in total. The van der Waals surface area contributed by atoms with Crippen molar-refractivity contribution in [2.45, 2.75) is 31.1 Å². The van der Waals surface area contributed by atoms with E-state index in [0.717, 1.165) is 29.9 Å². The predicted molar refractivity (Wildman–Crippen MR) is 117 cm³/mol. The zero-order chi connectivity index (χ0) is 20.6. The molecule has 0 bridgehead atoms. The van der Waals surface area contributed by atoms with E-state index in [0.29, 0.717) is 10.7 Å². The predicted octanol–water partition coefficient (Wildman–Crippen LogP) is 3.74. The molecular weight excluding hydrogens is 408 g/mol. The number of allylic oxidation sites excluding steroid dienone is 1. The van der Waals surface area contributed by atoms with Crippen LogP contribution in [0.5, 0.6) is 0 Å². The highest BCUT2D eigenvalue weighted by Gasteiger charge is 2.49. The lowest BCUT2D eigenvalue weighted by molar-refractivity contribution is -0.867. The van der Waals surface area contributed by atoms with Gasteiger partial charge in [-0.25, -0.2) is 4.79 Å². The third kappa shape index (κ3) is 4.57. The van der Waals surface area contributed by atoms with E-state index >= 15 is 0 Å². The minimum Gasteiger partial charge on any atom is -0.369 e.